The smallest absolute Gasteiger partial charge is 0.0441 e. The van der Waals surface area contributed by atoms with E-state index >= 15 is 0 Å². The molecule has 0 spiro atoms. The number of rotatable bonds is 0. The summed E-state index contributed by atoms with van der Waals surface area (Å²) < 4.78 is 4.25. The third-order valence-corrected chi connectivity index (χ3v) is 3.63. The molecule has 1 nitrogen and oxygen atoms in total. The first-order valence-electron chi connectivity index (χ1n) is 4.78. The molecule has 0 amide bonds. The Kier molecular flexibility index (Phi) is 2.45. The Morgan fingerprint density at radius 2 is 2.33 bits per heavy atom. The lowest BCUT2D eigenvalue weighted by molar-refractivity contribution is 0.466. The molecule has 1 aliphatic rings. The van der Waals surface area contributed by atoms with Crippen molar-refractivity contribution in [2.24, 2.45) is 5.92 Å². The number of nitrogens with zero attached hydrogens (tertiary/aromatic N) is 1. The van der Waals surface area contributed by atoms with E-state index in [-0.39, 0.29) is 0 Å². The van der Waals surface area contributed by atoms with E-state index in [1.807, 2.05) is 0 Å². The first kappa shape index (κ1) is 8.24. The predicted molar refractivity (Wildman–Crippen MR) is 52.5 cm³/mol. The van der Waals surface area contributed by atoms with Crippen LogP contribution in [0.2, 0.25) is 0 Å². The van der Waals surface area contributed by atoms with E-state index in [0.29, 0.717) is 0 Å². The van der Waals surface area contributed by atoms with Crippen LogP contribution < -0.4 is 0 Å². The van der Waals surface area contributed by atoms with Crippen molar-refractivity contribution in [2.75, 3.05) is 0 Å². The van der Waals surface area contributed by atoms with E-state index in [1.54, 1.807) is 16.4 Å². The van der Waals surface area contributed by atoms with Crippen LogP contribution in [-0.2, 0) is 12.8 Å². The largest absolute Gasteiger partial charge is 0.201 e. The van der Waals surface area contributed by atoms with Gasteiger partial charge in [-0.25, -0.2) is 4.37 Å². The fourth-order valence-corrected chi connectivity index (χ4v) is 2.65. The van der Waals surface area contributed by atoms with E-state index in [4.69, 9.17) is 0 Å². The highest BCUT2D eigenvalue weighted by Gasteiger charge is 2.12. The zero-order chi connectivity index (χ0) is 8.39. The second-order valence-electron chi connectivity index (χ2n) is 3.81. The highest BCUT2D eigenvalue weighted by atomic mass is 32.1. The van der Waals surface area contributed by atoms with E-state index in [9.17, 15) is 0 Å². The van der Waals surface area contributed by atoms with Gasteiger partial charge in [0.05, 0.1) is 0 Å². The van der Waals surface area contributed by atoms with Gasteiger partial charge in [-0.1, -0.05) is 13.3 Å². The van der Waals surface area contributed by atoms with Gasteiger partial charge in [0.15, 0.2) is 0 Å². The van der Waals surface area contributed by atoms with Crippen molar-refractivity contribution in [3.8, 4) is 0 Å². The molecule has 2 rings (SSSR count). The lowest BCUT2D eigenvalue weighted by Gasteiger charge is -2.14. The van der Waals surface area contributed by atoms with Crippen LogP contribution in [0.5, 0.6) is 0 Å². The van der Waals surface area contributed by atoms with E-state index < -0.39 is 0 Å². The van der Waals surface area contributed by atoms with Gasteiger partial charge in [-0.05, 0) is 48.7 Å². The van der Waals surface area contributed by atoms with Gasteiger partial charge < -0.3 is 0 Å². The van der Waals surface area contributed by atoms with Gasteiger partial charge in [-0.15, -0.1) is 0 Å². The van der Waals surface area contributed by atoms with Gasteiger partial charge in [0, 0.05) is 11.1 Å². The first-order valence-corrected chi connectivity index (χ1v) is 5.56. The minimum absolute atomic E-state index is 0.917. The molecule has 66 valence electrons. The fourth-order valence-electron chi connectivity index (χ4n) is 1.86. The second kappa shape index (κ2) is 3.56. The molecule has 0 N–H and O–H groups in total. The molecule has 1 unspecified atom stereocenters. The summed E-state index contributed by atoms with van der Waals surface area (Å²) in [6.07, 6.45) is 8.70. The highest BCUT2D eigenvalue weighted by Crippen LogP contribution is 2.25. The average molecular weight is 181 g/mol. The first-order chi connectivity index (χ1) is 5.86. The zero-order valence-electron chi connectivity index (χ0n) is 7.55. The monoisotopic (exact) mass is 181 g/mol. The topological polar surface area (TPSA) is 12.9 Å². The average Bonchev–Trinajstić information content (AvgIpc) is 2.45. The Morgan fingerprint density at radius 1 is 1.42 bits per heavy atom. The lowest BCUT2D eigenvalue weighted by atomic mass is 9.93. The van der Waals surface area contributed by atoms with E-state index in [2.05, 4.69) is 17.5 Å². The molecule has 0 saturated carbocycles. The molecule has 0 bridgehead atoms. The molecular weight excluding hydrogens is 166 g/mol. The van der Waals surface area contributed by atoms with Gasteiger partial charge in [-0.3, -0.25) is 0 Å². The summed E-state index contributed by atoms with van der Waals surface area (Å²) in [4.78, 5) is 1.54. The Morgan fingerprint density at radius 3 is 3.25 bits per heavy atom. The summed E-state index contributed by atoms with van der Waals surface area (Å²) in [6.45, 7) is 2.37. The second-order valence-corrected chi connectivity index (χ2v) is 4.70. The molecule has 1 atom stereocenters. The van der Waals surface area contributed by atoms with Crippen LogP contribution in [-0.4, -0.2) is 4.37 Å². The molecule has 1 aliphatic carbocycles. The summed E-state index contributed by atoms with van der Waals surface area (Å²) in [5.74, 6) is 0.917. The number of fused-ring (bicyclic) bond motifs is 1. The third kappa shape index (κ3) is 1.69. The SMILES string of the molecule is CC1CCCc2cnsc2CC1. The van der Waals surface area contributed by atoms with Crippen molar-refractivity contribution in [2.45, 2.75) is 39.0 Å². The molecule has 0 aromatic carbocycles. The summed E-state index contributed by atoms with van der Waals surface area (Å²) in [5.41, 5.74) is 1.52. The minimum Gasteiger partial charge on any atom is -0.201 e. The van der Waals surface area contributed by atoms with Crippen molar-refractivity contribution in [3.63, 3.8) is 0 Å². The summed E-state index contributed by atoms with van der Waals surface area (Å²) in [6, 6.07) is 0. The van der Waals surface area contributed by atoms with Crippen LogP contribution >= 0.6 is 11.5 Å². The molecule has 0 saturated heterocycles. The van der Waals surface area contributed by atoms with Crippen molar-refractivity contribution >= 4 is 11.5 Å². The van der Waals surface area contributed by atoms with E-state index in [1.165, 1.54) is 37.7 Å². The molecule has 1 aromatic rings. The Bertz CT molecular complexity index is 254. The number of hydrogen-bond donors (Lipinski definition) is 0. The maximum atomic E-state index is 4.25. The van der Waals surface area contributed by atoms with Crippen LogP contribution in [0.25, 0.3) is 0 Å². The van der Waals surface area contributed by atoms with Crippen LogP contribution in [0.3, 0.4) is 0 Å². The van der Waals surface area contributed by atoms with Gasteiger partial charge in [0.2, 0.25) is 0 Å². The highest BCUT2D eigenvalue weighted by molar-refractivity contribution is 7.05. The van der Waals surface area contributed by atoms with Gasteiger partial charge >= 0.3 is 0 Å². The maximum absolute atomic E-state index is 4.25. The van der Waals surface area contributed by atoms with Crippen LogP contribution in [0.15, 0.2) is 6.20 Å². The normalized spacial score (nSPS) is 24.2. The van der Waals surface area contributed by atoms with Crippen molar-refractivity contribution in [3.05, 3.63) is 16.6 Å². The number of hydrogen-bond acceptors (Lipinski definition) is 2. The van der Waals surface area contributed by atoms with Gasteiger partial charge in [-0.2, -0.15) is 0 Å². The standard InChI is InChI=1S/C10H15NS/c1-8-3-2-4-9-7-11-12-10(9)6-5-8/h7-8H,2-6H2,1H3. The molecule has 2 heteroatoms. The van der Waals surface area contributed by atoms with Crippen LogP contribution in [0.1, 0.15) is 36.6 Å². The van der Waals surface area contributed by atoms with Gasteiger partial charge in [0.25, 0.3) is 0 Å². The lowest BCUT2D eigenvalue weighted by Crippen LogP contribution is -2.03. The fraction of sp³-hybridized carbons (Fsp3) is 0.700. The molecule has 1 aromatic heterocycles. The summed E-state index contributed by atoms with van der Waals surface area (Å²) in [7, 11) is 0. The molecular formula is C10H15NS. The van der Waals surface area contributed by atoms with Crippen LogP contribution in [0, 0.1) is 5.92 Å². The Balaban J connectivity index is 2.14. The summed E-state index contributed by atoms with van der Waals surface area (Å²) >= 11 is 1.70. The number of aryl methyl sites for hydroxylation is 2. The predicted octanol–water partition coefficient (Wildman–Crippen LogP) is 3.05. The molecule has 0 aliphatic heterocycles. The summed E-state index contributed by atoms with van der Waals surface area (Å²) in [5, 5.41) is 0. The molecule has 0 radical (unpaired) electrons. The van der Waals surface area contributed by atoms with Crippen molar-refractivity contribution in [1.29, 1.82) is 0 Å². The quantitative estimate of drug-likeness (QED) is 0.599. The zero-order valence-corrected chi connectivity index (χ0v) is 8.36. The van der Waals surface area contributed by atoms with Crippen molar-refractivity contribution in [1.82, 2.24) is 4.37 Å². The third-order valence-electron chi connectivity index (χ3n) is 2.74. The molecule has 1 heterocycles. The number of aromatic nitrogens is 1. The van der Waals surface area contributed by atoms with E-state index in [0.717, 1.165) is 5.92 Å². The van der Waals surface area contributed by atoms with Crippen LogP contribution in [0.4, 0.5) is 0 Å². The molecule has 12 heavy (non-hydrogen) atoms. The Labute approximate surface area is 78.0 Å². The maximum Gasteiger partial charge on any atom is 0.0441 e. The minimum atomic E-state index is 0.917. The molecule has 0 fully saturated rings. The van der Waals surface area contributed by atoms with Crippen molar-refractivity contribution < 1.29 is 0 Å². The Hall–Kier alpha value is -0.370. The van der Waals surface area contributed by atoms with Gasteiger partial charge in [0.1, 0.15) is 0 Å².